The molecule has 0 radical (unpaired) electrons. The van der Waals surface area contributed by atoms with E-state index in [1.54, 1.807) is 0 Å². The van der Waals surface area contributed by atoms with Crippen LogP contribution in [0.1, 0.15) is 146 Å². The van der Waals surface area contributed by atoms with Crippen molar-refractivity contribution in [3.8, 4) is 0 Å². The van der Waals surface area contributed by atoms with Gasteiger partial charge in [-0.15, -0.1) is 0 Å². The molecule has 0 fully saturated rings. The Labute approximate surface area is 247 Å². The fraction of sp³-hybridized carbons (Fsp3) is 0.605. The highest BCUT2D eigenvalue weighted by molar-refractivity contribution is 5.22. The Kier molecular flexibility index (Phi) is 15.8. The van der Waals surface area contributed by atoms with Crippen LogP contribution in [0, 0.1) is 0 Å². The third-order valence-electron chi connectivity index (χ3n) is 8.58. The minimum Gasteiger partial charge on any atom is -0.234 e. The lowest BCUT2D eigenvalue weighted by Crippen LogP contribution is -2.37. The summed E-state index contributed by atoms with van der Waals surface area (Å²) in [5.41, 5.74) is 4.35. The highest BCUT2D eigenvalue weighted by Crippen LogP contribution is 2.22. The number of nitrogens with zero attached hydrogens (tertiary/aromatic N) is 2. The number of hydrogen-bond donors (Lipinski definition) is 0. The van der Waals surface area contributed by atoms with Crippen molar-refractivity contribution in [1.82, 2.24) is 4.57 Å². The molecule has 0 saturated carbocycles. The first kappa shape index (κ1) is 32.2. The summed E-state index contributed by atoms with van der Waals surface area (Å²) in [4.78, 5) is 0. The topological polar surface area (TPSA) is 8.81 Å². The zero-order valence-electron chi connectivity index (χ0n) is 26.3. The zero-order chi connectivity index (χ0) is 28.3. The number of benzene rings is 2. The summed E-state index contributed by atoms with van der Waals surface area (Å²) >= 11 is 0. The molecule has 0 aliphatic heterocycles. The van der Waals surface area contributed by atoms with Crippen molar-refractivity contribution >= 4 is 0 Å². The Balaban J connectivity index is 1.50. The second-order valence-corrected chi connectivity index (χ2v) is 12.2. The number of hydrogen-bond acceptors (Lipinski definition) is 0. The van der Waals surface area contributed by atoms with Crippen LogP contribution in [0.3, 0.4) is 0 Å². The van der Waals surface area contributed by atoms with E-state index < -0.39 is 0 Å². The van der Waals surface area contributed by atoms with E-state index in [-0.39, 0.29) is 0 Å². The third kappa shape index (κ3) is 11.6. The molecule has 0 saturated heterocycles. The summed E-state index contributed by atoms with van der Waals surface area (Å²) in [5.74, 6) is 2.00. The molecule has 2 nitrogen and oxygen atoms in total. The van der Waals surface area contributed by atoms with Crippen LogP contribution < -0.4 is 4.57 Å². The average molecular weight is 544 g/mol. The van der Waals surface area contributed by atoms with Crippen LogP contribution >= 0.6 is 0 Å². The van der Waals surface area contributed by atoms with Gasteiger partial charge in [0.25, 0.3) is 5.82 Å². The molecule has 0 aliphatic carbocycles. The minimum absolute atomic E-state index is 0.519. The fourth-order valence-electron chi connectivity index (χ4n) is 6.16. The lowest BCUT2D eigenvalue weighted by Gasteiger charge is -2.11. The van der Waals surface area contributed by atoms with Crippen molar-refractivity contribution in [2.75, 3.05) is 0 Å². The lowest BCUT2D eigenvalue weighted by atomic mass is 9.96. The standard InChI is InChI=1S/C38H59N2/c1-4-6-7-8-9-10-11-12-13-14-15-16-17-24-30-39-33-37(31-34(3)36-27-22-19-23-28-36)40(29-5-2)38(39)32-35-25-20-18-21-26-35/h18-23,25-28,33-34H,4-17,24,29-32H2,1-3H3/q+1. The first-order valence-electron chi connectivity index (χ1n) is 16.9. The van der Waals surface area contributed by atoms with E-state index in [0.717, 1.165) is 25.9 Å². The third-order valence-corrected chi connectivity index (χ3v) is 8.58. The predicted octanol–water partition coefficient (Wildman–Crippen LogP) is 10.6. The van der Waals surface area contributed by atoms with E-state index in [2.05, 4.69) is 96.8 Å². The summed E-state index contributed by atoms with van der Waals surface area (Å²) in [6, 6.07) is 22.1. The van der Waals surface area contributed by atoms with E-state index in [0.29, 0.717) is 5.92 Å². The molecule has 3 aromatic rings. The predicted molar refractivity (Wildman–Crippen MR) is 173 cm³/mol. The van der Waals surface area contributed by atoms with Gasteiger partial charge in [-0.3, -0.25) is 0 Å². The van der Waals surface area contributed by atoms with Crippen LogP contribution in [0.15, 0.2) is 66.9 Å². The summed E-state index contributed by atoms with van der Waals surface area (Å²) < 4.78 is 5.26. The smallest absolute Gasteiger partial charge is 0.234 e. The van der Waals surface area contributed by atoms with Gasteiger partial charge in [-0.1, -0.05) is 158 Å². The van der Waals surface area contributed by atoms with E-state index in [1.165, 1.54) is 119 Å². The molecule has 0 aliphatic rings. The van der Waals surface area contributed by atoms with Crippen LogP contribution in [0.4, 0.5) is 0 Å². The lowest BCUT2D eigenvalue weighted by molar-refractivity contribution is -0.704. The minimum atomic E-state index is 0.519. The summed E-state index contributed by atoms with van der Waals surface area (Å²) in [5, 5.41) is 0. The first-order chi connectivity index (χ1) is 19.7. The molecule has 1 unspecified atom stereocenters. The van der Waals surface area contributed by atoms with Crippen LogP contribution in [-0.4, -0.2) is 4.57 Å². The summed E-state index contributed by atoms with van der Waals surface area (Å²) in [6.45, 7) is 9.24. The summed E-state index contributed by atoms with van der Waals surface area (Å²) in [7, 11) is 0. The van der Waals surface area contributed by atoms with E-state index >= 15 is 0 Å². The average Bonchev–Trinajstić information content (AvgIpc) is 3.29. The van der Waals surface area contributed by atoms with Crippen molar-refractivity contribution in [1.29, 1.82) is 0 Å². The Morgan fingerprint density at radius 1 is 0.625 bits per heavy atom. The fourth-order valence-corrected chi connectivity index (χ4v) is 6.16. The molecular formula is C38H59N2+. The number of imidazole rings is 1. The van der Waals surface area contributed by atoms with Gasteiger partial charge in [-0.2, -0.15) is 0 Å². The van der Waals surface area contributed by atoms with Crippen LogP contribution in [0.2, 0.25) is 0 Å². The molecule has 1 heterocycles. The van der Waals surface area contributed by atoms with E-state index in [4.69, 9.17) is 0 Å². The van der Waals surface area contributed by atoms with Crippen LogP contribution in [0.25, 0.3) is 0 Å². The maximum atomic E-state index is 2.65. The van der Waals surface area contributed by atoms with Crippen molar-refractivity contribution < 1.29 is 4.57 Å². The molecule has 0 amide bonds. The molecule has 3 rings (SSSR count). The molecule has 40 heavy (non-hydrogen) atoms. The Hall–Kier alpha value is -2.35. The highest BCUT2D eigenvalue weighted by Gasteiger charge is 2.24. The quantitative estimate of drug-likeness (QED) is 0.0880. The second kappa shape index (κ2) is 19.7. The van der Waals surface area contributed by atoms with E-state index in [9.17, 15) is 0 Å². The number of aryl methyl sites for hydroxylation is 1. The van der Waals surface area contributed by atoms with Crippen molar-refractivity contribution in [2.24, 2.45) is 0 Å². The van der Waals surface area contributed by atoms with Crippen molar-refractivity contribution in [3.63, 3.8) is 0 Å². The van der Waals surface area contributed by atoms with Gasteiger partial charge in [0.2, 0.25) is 0 Å². The highest BCUT2D eigenvalue weighted by atomic mass is 15.2. The van der Waals surface area contributed by atoms with Gasteiger partial charge in [0.1, 0.15) is 11.9 Å². The molecule has 2 aromatic carbocycles. The normalized spacial score (nSPS) is 12.2. The molecule has 1 aromatic heterocycles. The number of unbranched alkanes of at least 4 members (excludes halogenated alkanes) is 13. The van der Waals surface area contributed by atoms with Gasteiger partial charge in [0.15, 0.2) is 0 Å². The number of aromatic nitrogens is 2. The van der Waals surface area contributed by atoms with Crippen molar-refractivity contribution in [2.45, 2.75) is 149 Å². The van der Waals surface area contributed by atoms with E-state index in [1.807, 2.05) is 0 Å². The van der Waals surface area contributed by atoms with Gasteiger partial charge < -0.3 is 0 Å². The second-order valence-electron chi connectivity index (χ2n) is 12.2. The first-order valence-corrected chi connectivity index (χ1v) is 16.9. The number of rotatable bonds is 22. The van der Waals surface area contributed by atoms with Gasteiger partial charge in [-0.05, 0) is 36.3 Å². The molecular weight excluding hydrogens is 484 g/mol. The molecule has 2 heteroatoms. The largest absolute Gasteiger partial charge is 0.261 e. The Morgan fingerprint density at radius 3 is 1.70 bits per heavy atom. The SMILES string of the molecule is CCCCCCCCCCCCCCCC[n+]1cc(CC(C)c2ccccc2)n(CCC)c1Cc1ccccc1. The van der Waals surface area contributed by atoms with Gasteiger partial charge in [-0.25, -0.2) is 9.13 Å². The molecule has 1 atom stereocenters. The van der Waals surface area contributed by atoms with Crippen molar-refractivity contribution in [3.05, 3.63) is 89.5 Å². The van der Waals surface area contributed by atoms with Gasteiger partial charge >= 0.3 is 0 Å². The van der Waals surface area contributed by atoms with Gasteiger partial charge in [0.05, 0.1) is 19.5 Å². The molecule has 220 valence electrons. The van der Waals surface area contributed by atoms with Crippen LogP contribution in [-0.2, 0) is 25.9 Å². The molecule has 0 bridgehead atoms. The van der Waals surface area contributed by atoms with Crippen LogP contribution in [0.5, 0.6) is 0 Å². The molecule has 0 spiro atoms. The van der Waals surface area contributed by atoms with Gasteiger partial charge in [0, 0.05) is 6.42 Å². The maximum absolute atomic E-state index is 2.65. The monoisotopic (exact) mass is 543 g/mol. The zero-order valence-corrected chi connectivity index (χ0v) is 26.3. The Bertz CT molecular complexity index is 1020. The summed E-state index contributed by atoms with van der Waals surface area (Å²) in [6.07, 6.45) is 25.6. The Morgan fingerprint density at radius 2 is 1.15 bits per heavy atom. The molecule has 0 N–H and O–H groups in total. The maximum Gasteiger partial charge on any atom is 0.261 e.